The molecule has 0 unspecified atom stereocenters. The van der Waals surface area contributed by atoms with Crippen LogP contribution in [0.15, 0.2) is 0 Å². The molecule has 0 aromatic rings. The van der Waals surface area contributed by atoms with Crippen LogP contribution in [0, 0.1) is 17.3 Å². The molecule has 2 saturated heterocycles. The summed E-state index contributed by atoms with van der Waals surface area (Å²) in [5.41, 5.74) is 0.0967. The Labute approximate surface area is 131 Å². The van der Waals surface area contributed by atoms with Crippen molar-refractivity contribution >= 4 is 12.0 Å². The third kappa shape index (κ3) is 2.81. The first-order valence-corrected chi connectivity index (χ1v) is 8.26. The minimum Gasteiger partial charge on any atom is -0.481 e. The summed E-state index contributed by atoms with van der Waals surface area (Å²) in [6.07, 6.45) is 2.82. The molecule has 6 nitrogen and oxygen atoms in total. The molecule has 0 radical (unpaired) electrons. The third-order valence-corrected chi connectivity index (χ3v) is 5.70. The highest BCUT2D eigenvalue weighted by atomic mass is 16.5. The molecule has 0 bridgehead atoms. The molecule has 2 atom stereocenters. The zero-order chi connectivity index (χ0) is 15.9. The smallest absolute Gasteiger partial charge is 0.317 e. The van der Waals surface area contributed by atoms with Gasteiger partial charge in [0.1, 0.15) is 0 Å². The van der Waals surface area contributed by atoms with Gasteiger partial charge in [-0.1, -0.05) is 13.8 Å². The zero-order valence-corrected chi connectivity index (χ0v) is 13.4. The number of carbonyl (C=O) groups is 2. The summed E-state index contributed by atoms with van der Waals surface area (Å²) in [6, 6.07) is 0.280. The Balaban J connectivity index is 1.56. The van der Waals surface area contributed by atoms with Crippen molar-refractivity contribution in [2.75, 3.05) is 19.8 Å². The monoisotopic (exact) mass is 310 g/mol. The number of carbonyl (C=O) groups excluding carboxylic acids is 1. The Hall–Kier alpha value is -1.30. The minimum atomic E-state index is -0.711. The molecule has 22 heavy (non-hydrogen) atoms. The van der Waals surface area contributed by atoms with Gasteiger partial charge in [-0.15, -0.1) is 0 Å². The topological polar surface area (TPSA) is 78.9 Å². The molecule has 6 heteroatoms. The molecule has 0 aromatic carbocycles. The Morgan fingerprint density at radius 2 is 1.86 bits per heavy atom. The number of fused-ring (bicyclic) bond motifs is 1. The molecule has 3 fully saturated rings. The number of likely N-dealkylation sites (tertiary alicyclic amines) is 1. The number of nitrogens with one attached hydrogen (secondary N) is 1. The fourth-order valence-electron chi connectivity index (χ4n) is 4.23. The van der Waals surface area contributed by atoms with Gasteiger partial charge in [0.2, 0.25) is 0 Å². The van der Waals surface area contributed by atoms with Gasteiger partial charge in [-0.25, -0.2) is 4.79 Å². The van der Waals surface area contributed by atoms with Crippen LogP contribution in [-0.2, 0) is 9.53 Å². The average molecular weight is 310 g/mol. The lowest BCUT2D eigenvalue weighted by Crippen LogP contribution is -2.49. The van der Waals surface area contributed by atoms with Crippen molar-refractivity contribution in [2.24, 2.45) is 17.3 Å². The Kier molecular flexibility index (Phi) is 4.05. The molecule has 3 rings (SSSR count). The highest BCUT2D eigenvalue weighted by molar-refractivity contribution is 5.75. The van der Waals surface area contributed by atoms with Crippen LogP contribution in [0.25, 0.3) is 0 Å². The van der Waals surface area contributed by atoms with Gasteiger partial charge in [-0.05, 0) is 31.1 Å². The van der Waals surface area contributed by atoms with Gasteiger partial charge in [0.25, 0.3) is 0 Å². The van der Waals surface area contributed by atoms with Crippen molar-refractivity contribution in [3.05, 3.63) is 0 Å². The van der Waals surface area contributed by atoms with Crippen LogP contribution in [0.3, 0.4) is 0 Å². The van der Waals surface area contributed by atoms with Gasteiger partial charge in [0.15, 0.2) is 0 Å². The van der Waals surface area contributed by atoms with Crippen LogP contribution in [0.2, 0.25) is 0 Å². The Morgan fingerprint density at radius 3 is 2.50 bits per heavy atom. The molecular weight excluding hydrogens is 284 g/mol. The number of hydrogen-bond donors (Lipinski definition) is 2. The molecule has 2 aliphatic heterocycles. The van der Waals surface area contributed by atoms with Crippen molar-refractivity contribution in [2.45, 2.75) is 51.6 Å². The molecule has 2 heterocycles. The number of aliphatic carboxylic acids is 1. The van der Waals surface area contributed by atoms with E-state index in [1.807, 2.05) is 4.90 Å². The van der Waals surface area contributed by atoms with E-state index in [0.29, 0.717) is 25.4 Å². The van der Waals surface area contributed by atoms with Crippen molar-refractivity contribution in [1.82, 2.24) is 10.2 Å². The maximum Gasteiger partial charge on any atom is 0.317 e. The number of amides is 2. The predicted octanol–water partition coefficient (Wildman–Crippen LogP) is 1.70. The summed E-state index contributed by atoms with van der Waals surface area (Å²) in [6.45, 7) is 6.54. The van der Waals surface area contributed by atoms with Crippen molar-refractivity contribution in [3.8, 4) is 0 Å². The van der Waals surface area contributed by atoms with Crippen LogP contribution in [0.1, 0.15) is 39.5 Å². The maximum atomic E-state index is 12.6. The van der Waals surface area contributed by atoms with E-state index in [1.165, 1.54) is 0 Å². The van der Waals surface area contributed by atoms with Gasteiger partial charge in [0, 0.05) is 18.5 Å². The lowest BCUT2D eigenvalue weighted by molar-refractivity contribution is -0.142. The molecule has 2 N–H and O–H groups in total. The van der Waals surface area contributed by atoms with Crippen LogP contribution in [-0.4, -0.2) is 53.8 Å². The first-order valence-electron chi connectivity index (χ1n) is 8.26. The Bertz CT molecular complexity index is 457. The largest absolute Gasteiger partial charge is 0.481 e. The summed E-state index contributed by atoms with van der Waals surface area (Å²) < 4.78 is 5.57. The maximum absolute atomic E-state index is 12.6. The number of carboxylic acids is 1. The average Bonchev–Trinajstić information content (AvgIpc) is 3.03. The highest BCUT2D eigenvalue weighted by Crippen LogP contribution is 2.43. The van der Waals surface area contributed by atoms with Crippen molar-refractivity contribution < 1.29 is 19.4 Å². The molecular formula is C16H26N2O4. The molecule has 124 valence electrons. The molecule has 0 aromatic heterocycles. The summed E-state index contributed by atoms with van der Waals surface area (Å²) >= 11 is 0. The van der Waals surface area contributed by atoms with Crippen molar-refractivity contribution in [1.29, 1.82) is 0 Å². The molecule has 1 saturated carbocycles. The number of nitrogens with zero attached hydrogens (tertiary/aromatic N) is 1. The zero-order valence-electron chi connectivity index (χ0n) is 13.4. The second kappa shape index (κ2) is 5.72. The molecule has 1 aliphatic carbocycles. The summed E-state index contributed by atoms with van der Waals surface area (Å²) in [4.78, 5) is 25.5. The van der Waals surface area contributed by atoms with Gasteiger partial charge in [-0.3, -0.25) is 4.79 Å². The lowest BCUT2D eigenvalue weighted by Gasteiger charge is -2.30. The van der Waals surface area contributed by atoms with Crippen LogP contribution in [0.5, 0.6) is 0 Å². The van der Waals surface area contributed by atoms with E-state index in [-0.39, 0.29) is 29.4 Å². The van der Waals surface area contributed by atoms with Gasteiger partial charge < -0.3 is 20.1 Å². The SMILES string of the molecule is CC1(C)CN(C(=O)NC2CCC(C(=O)O)CC2)[C@@H]2COC[C@@H]21. The number of ether oxygens (including phenoxy) is 1. The third-order valence-electron chi connectivity index (χ3n) is 5.70. The quantitative estimate of drug-likeness (QED) is 0.813. The van der Waals surface area contributed by atoms with E-state index >= 15 is 0 Å². The summed E-state index contributed by atoms with van der Waals surface area (Å²) in [5.74, 6) is -0.538. The van der Waals surface area contributed by atoms with E-state index < -0.39 is 5.97 Å². The van der Waals surface area contributed by atoms with E-state index in [9.17, 15) is 9.59 Å². The van der Waals surface area contributed by atoms with E-state index in [1.54, 1.807) is 0 Å². The molecule has 2 amide bonds. The number of carboxylic acid groups (broad SMARTS) is 1. The highest BCUT2D eigenvalue weighted by Gasteiger charge is 2.51. The Morgan fingerprint density at radius 1 is 1.18 bits per heavy atom. The van der Waals surface area contributed by atoms with Gasteiger partial charge in [0.05, 0.1) is 25.2 Å². The van der Waals surface area contributed by atoms with E-state index in [0.717, 1.165) is 26.0 Å². The van der Waals surface area contributed by atoms with E-state index in [4.69, 9.17) is 9.84 Å². The standard InChI is InChI=1S/C16H26N2O4/c1-16(2)9-18(13-8-22-7-12(13)16)15(21)17-11-5-3-10(4-6-11)14(19)20/h10-13H,3-9H2,1-2H3,(H,17,21)(H,19,20)/t10?,11?,12-,13+/m0/s1. The fourth-order valence-corrected chi connectivity index (χ4v) is 4.23. The van der Waals surface area contributed by atoms with E-state index in [2.05, 4.69) is 19.2 Å². The van der Waals surface area contributed by atoms with Crippen LogP contribution in [0.4, 0.5) is 4.79 Å². The second-order valence-corrected chi connectivity index (χ2v) is 7.66. The summed E-state index contributed by atoms with van der Waals surface area (Å²) in [5, 5.41) is 12.1. The van der Waals surface area contributed by atoms with Crippen molar-refractivity contribution in [3.63, 3.8) is 0 Å². The van der Waals surface area contributed by atoms with Crippen LogP contribution < -0.4 is 5.32 Å². The summed E-state index contributed by atoms with van der Waals surface area (Å²) in [7, 11) is 0. The second-order valence-electron chi connectivity index (χ2n) is 7.66. The minimum absolute atomic E-state index is 0.00940. The van der Waals surface area contributed by atoms with Crippen LogP contribution >= 0.6 is 0 Å². The van der Waals surface area contributed by atoms with Gasteiger partial charge >= 0.3 is 12.0 Å². The molecule has 0 spiro atoms. The fraction of sp³-hybridized carbons (Fsp3) is 0.875. The first kappa shape index (κ1) is 15.6. The lowest BCUT2D eigenvalue weighted by atomic mass is 9.80. The normalized spacial score (nSPS) is 36.9. The van der Waals surface area contributed by atoms with Gasteiger partial charge in [-0.2, -0.15) is 0 Å². The first-order chi connectivity index (χ1) is 10.4. The number of urea groups is 1. The predicted molar refractivity (Wildman–Crippen MR) is 80.5 cm³/mol. The number of hydrogen-bond acceptors (Lipinski definition) is 3. The number of rotatable bonds is 2. The molecule has 3 aliphatic rings.